The van der Waals surface area contributed by atoms with Crippen molar-refractivity contribution in [2.24, 2.45) is 0 Å². The first-order chi connectivity index (χ1) is 7.37. The van der Waals surface area contributed by atoms with Gasteiger partial charge in [-0.1, -0.05) is 0 Å². The maximum absolute atomic E-state index is 11.0. The summed E-state index contributed by atoms with van der Waals surface area (Å²) in [4.78, 5) is 0. The van der Waals surface area contributed by atoms with Gasteiger partial charge in [-0.05, 0) is 6.92 Å². The van der Waals surface area contributed by atoms with Gasteiger partial charge in [-0.15, -0.1) is 0 Å². The first-order valence-electron chi connectivity index (χ1n) is 4.49. The van der Waals surface area contributed by atoms with Crippen LogP contribution in [0.4, 0.5) is 0 Å². The highest BCUT2D eigenvalue weighted by Crippen LogP contribution is 2.33. The van der Waals surface area contributed by atoms with E-state index in [0.29, 0.717) is 11.5 Å². The Morgan fingerprint density at radius 1 is 1.06 bits per heavy atom. The van der Waals surface area contributed by atoms with Crippen LogP contribution in [-0.4, -0.2) is 28.9 Å². The van der Waals surface area contributed by atoms with Crippen molar-refractivity contribution in [1.29, 1.82) is 0 Å². The topological polar surface area (TPSA) is 61.8 Å². The molecule has 0 aliphatic heterocycles. The molecule has 16 heavy (non-hydrogen) atoms. The molecule has 0 spiro atoms. The van der Waals surface area contributed by atoms with Crippen LogP contribution in [0.15, 0.2) is 12.1 Å². The second-order valence-electron chi connectivity index (χ2n) is 3.24. The molecule has 0 saturated carbocycles. The van der Waals surface area contributed by atoms with Gasteiger partial charge >= 0.3 is 10.1 Å². The lowest BCUT2D eigenvalue weighted by Gasteiger charge is -2.12. The molecule has 90 valence electrons. The van der Waals surface area contributed by atoms with Crippen LogP contribution in [0.5, 0.6) is 17.2 Å². The van der Waals surface area contributed by atoms with Crippen LogP contribution in [-0.2, 0) is 10.1 Å². The summed E-state index contributed by atoms with van der Waals surface area (Å²) in [7, 11) is -0.567. The Balaban J connectivity index is 3.22. The predicted molar refractivity (Wildman–Crippen MR) is 59.8 cm³/mol. The summed E-state index contributed by atoms with van der Waals surface area (Å²) >= 11 is 0. The van der Waals surface area contributed by atoms with Crippen LogP contribution < -0.4 is 13.7 Å². The smallest absolute Gasteiger partial charge is 0.306 e. The number of hydrogen-bond donors (Lipinski definition) is 0. The van der Waals surface area contributed by atoms with Gasteiger partial charge in [0.05, 0.1) is 20.5 Å². The lowest BCUT2D eigenvalue weighted by atomic mass is 10.2. The average Bonchev–Trinajstić information content (AvgIpc) is 2.18. The Hall–Kier alpha value is -1.43. The summed E-state index contributed by atoms with van der Waals surface area (Å²) in [5, 5.41) is 0. The van der Waals surface area contributed by atoms with E-state index >= 15 is 0 Å². The Morgan fingerprint density at radius 2 is 1.50 bits per heavy atom. The molecule has 0 amide bonds. The van der Waals surface area contributed by atoms with E-state index in [4.69, 9.17) is 13.7 Å². The number of hydrogen-bond acceptors (Lipinski definition) is 5. The van der Waals surface area contributed by atoms with Crippen molar-refractivity contribution in [1.82, 2.24) is 0 Å². The van der Waals surface area contributed by atoms with Crippen molar-refractivity contribution in [3.8, 4) is 17.2 Å². The minimum atomic E-state index is -3.55. The molecular weight excluding hydrogens is 232 g/mol. The minimum Gasteiger partial charge on any atom is -0.496 e. The Bertz CT molecular complexity index is 453. The van der Waals surface area contributed by atoms with Gasteiger partial charge in [0.25, 0.3) is 0 Å². The number of methoxy groups -OCH3 is 2. The number of benzene rings is 1. The lowest BCUT2D eigenvalue weighted by molar-refractivity contribution is 0.384. The normalized spacial score (nSPS) is 11.0. The predicted octanol–water partition coefficient (Wildman–Crippen LogP) is 1.35. The summed E-state index contributed by atoms with van der Waals surface area (Å²) in [6.07, 6.45) is 0.978. The van der Waals surface area contributed by atoms with Crippen LogP contribution >= 0.6 is 0 Å². The fraction of sp³-hybridized carbons (Fsp3) is 0.400. The zero-order valence-corrected chi connectivity index (χ0v) is 10.4. The molecule has 0 bridgehead atoms. The highest BCUT2D eigenvalue weighted by atomic mass is 32.2. The molecule has 0 fully saturated rings. The van der Waals surface area contributed by atoms with Gasteiger partial charge in [-0.2, -0.15) is 8.42 Å². The van der Waals surface area contributed by atoms with Gasteiger partial charge in [-0.25, -0.2) is 0 Å². The van der Waals surface area contributed by atoms with Gasteiger partial charge in [0.15, 0.2) is 0 Å². The first kappa shape index (κ1) is 12.6. The monoisotopic (exact) mass is 246 g/mol. The van der Waals surface area contributed by atoms with E-state index in [1.165, 1.54) is 26.4 Å². The molecule has 0 heterocycles. The molecule has 0 aliphatic carbocycles. The van der Waals surface area contributed by atoms with E-state index in [1.54, 1.807) is 0 Å². The average molecular weight is 246 g/mol. The standard InChI is InChI=1S/C10H14O5S/c1-7-9(13-2)5-8(6-10(7)14-3)15-16(4,11)12/h5-6H,1-4H3. The van der Waals surface area contributed by atoms with Crippen LogP contribution in [0.2, 0.25) is 0 Å². The summed E-state index contributed by atoms with van der Waals surface area (Å²) in [5.41, 5.74) is 0.783. The van der Waals surface area contributed by atoms with Crippen LogP contribution in [0.3, 0.4) is 0 Å². The first-order valence-corrected chi connectivity index (χ1v) is 6.31. The Morgan fingerprint density at radius 3 is 1.81 bits per heavy atom. The molecule has 0 aliphatic rings. The fourth-order valence-corrected chi connectivity index (χ4v) is 1.73. The maximum Gasteiger partial charge on any atom is 0.306 e. The molecule has 1 aromatic carbocycles. The summed E-state index contributed by atoms with van der Waals surface area (Å²) in [6, 6.07) is 3.00. The van der Waals surface area contributed by atoms with E-state index in [9.17, 15) is 8.42 Å². The van der Waals surface area contributed by atoms with Gasteiger partial charge in [0, 0.05) is 17.7 Å². The van der Waals surface area contributed by atoms with Gasteiger partial charge in [0.1, 0.15) is 17.2 Å². The van der Waals surface area contributed by atoms with Crippen molar-refractivity contribution in [3.05, 3.63) is 17.7 Å². The Kier molecular flexibility index (Phi) is 3.64. The van der Waals surface area contributed by atoms with Gasteiger partial charge in [0.2, 0.25) is 0 Å². The molecule has 1 aromatic rings. The quantitative estimate of drug-likeness (QED) is 0.750. The molecule has 1 rings (SSSR count). The van der Waals surface area contributed by atoms with E-state index < -0.39 is 10.1 Å². The van der Waals surface area contributed by atoms with Crippen molar-refractivity contribution in [2.45, 2.75) is 6.92 Å². The molecule has 0 atom stereocenters. The van der Waals surface area contributed by atoms with Gasteiger partial charge in [-0.3, -0.25) is 0 Å². The third-order valence-electron chi connectivity index (χ3n) is 1.97. The van der Waals surface area contributed by atoms with E-state index in [0.717, 1.165) is 11.8 Å². The Labute approximate surface area is 95.1 Å². The lowest BCUT2D eigenvalue weighted by Crippen LogP contribution is -2.06. The summed E-state index contributed by atoms with van der Waals surface area (Å²) in [6.45, 7) is 1.81. The highest BCUT2D eigenvalue weighted by Gasteiger charge is 2.12. The van der Waals surface area contributed by atoms with Crippen LogP contribution in [0.25, 0.3) is 0 Å². The van der Waals surface area contributed by atoms with E-state index in [2.05, 4.69) is 0 Å². The molecule has 0 aromatic heterocycles. The third-order valence-corrected chi connectivity index (χ3v) is 2.47. The second kappa shape index (κ2) is 4.61. The zero-order chi connectivity index (χ0) is 12.3. The SMILES string of the molecule is COc1cc(OS(C)(=O)=O)cc(OC)c1C. The molecule has 6 heteroatoms. The molecule has 0 N–H and O–H groups in total. The summed E-state index contributed by atoms with van der Waals surface area (Å²) < 4.78 is 36.9. The second-order valence-corrected chi connectivity index (χ2v) is 4.82. The fourth-order valence-electron chi connectivity index (χ4n) is 1.28. The van der Waals surface area contributed by atoms with Crippen molar-refractivity contribution >= 4 is 10.1 Å². The van der Waals surface area contributed by atoms with Crippen LogP contribution in [0.1, 0.15) is 5.56 Å². The maximum atomic E-state index is 11.0. The van der Waals surface area contributed by atoms with Gasteiger partial charge < -0.3 is 13.7 Å². The number of ether oxygens (including phenoxy) is 2. The van der Waals surface area contributed by atoms with Crippen molar-refractivity contribution in [3.63, 3.8) is 0 Å². The molecule has 0 unspecified atom stereocenters. The summed E-state index contributed by atoms with van der Waals surface area (Å²) in [5.74, 6) is 1.19. The van der Waals surface area contributed by atoms with Crippen molar-refractivity contribution in [2.75, 3.05) is 20.5 Å². The zero-order valence-electron chi connectivity index (χ0n) is 9.60. The molecule has 0 radical (unpaired) electrons. The molecular formula is C10H14O5S. The molecule has 5 nitrogen and oxygen atoms in total. The van der Waals surface area contributed by atoms with E-state index in [1.807, 2.05) is 6.92 Å². The highest BCUT2D eigenvalue weighted by molar-refractivity contribution is 7.86. The molecule has 0 saturated heterocycles. The van der Waals surface area contributed by atoms with Crippen LogP contribution in [0, 0.1) is 6.92 Å². The number of rotatable bonds is 4. The minimum absolute atomic E-state index is 0.168. The van der Waals surface area contributed by atoms with Crippen molar-refractivity contribution < 1.29 is 22.1 Å². The third kappa shape index (κ3) is 3.03. The van der Waals surface area contributed by atoms with E-state index in [-0.39, 0.29) is 5.75 Å². The largest absolute Gasteiger partial charge is 0.496 e.